The molecule has 1 aliphatic rings. The molecule has 4 aromatic carbocycles. The number of benzene rings is 4. The quantitative estimate of drug-likeness (QED) is 0.0995. The van der Waals surface area contributed by atoms with Crippen molar-refractivity contribution < 1.29 is 26.9 Å². The second-order valence-electron chi connectivity index (χ2n) is 9.18. The van der Waals surface area contributed by atoms with Crippen molar-refractivity contribution in [3.63, 3.8) is 0 Å². The van der Waals surface area contributed by atoms with E-state index in [0.717, 1.165) is 5.56 Å². The number of nitrogens with zero attached hydrogens (tertiary/aromatic N) is 2. The second kappa shape index (κ2) is 11.9. The smallest absolute Gasteiger partial charge is 0.339 e. The van der Waals surface area contributed by atoms with Crippen LogP contribution in [0.1, 0.15) is 11.1 Å². The predicted octanol–water partition coefficient (Wildman–Crippen LogP) is 6.28. The van der Waals surface area contributed by atoms with Crippen molar-refractivity contribution in [2.45, 2.75) is 11.8 Å². The summed E-state index contributed by atoms with van der Waals surface area (Å²) >= 11 is 9.01. The zero-order chi connectivity index (χ0) is 30.0. The zero-order valence-corrected chi connectivity index (χ0v) is 25.6. The van der Waals surface area contributed by atoms with Crippen molar-refractivity contribution >= 4 is 72.6 Å². The summed E-state index contributed by atoms with van der Waals surface area (Å²) in [6.45, 7) is 1.84. The maximum absolute atomic E-state index is 13.8. The van der Waals surface area contributed by atoms with Crippen molar-refractivity contribution in [3.8, 4) is 11.5 Å². The van der Waals surface area contributed by atoms with E-state index in [9.17, 15) is 18.0 Å². The van der Waals surface area contributed by atoms with Crippen LogP contribution < -0.4 is 18.7 Å². The first kappa shape index (κ1) is 29.2. The predicted molar refractivity (Wildman–Crippen MR) is 168 cm³/mol. The molecule has 0 aromatic heterocycles. The van der Waals surface area contributed by atoms with Gasteiger partial charge in [0.25, 0.3) is 11.8 Å². The molecule has 1 saturated heterocycles. The highest BCUT2D eigenvalue weighted by atomic mass is 79.9. The Bertz CT molecular complexity index is 1760. The normalized spacial score (nSPS) is 13.8. The Kier molecular flexibility index (Phi) is 8.26. The maximum atomic E-state index is 13.8. The molecule has 42 heavy (non-hydrogen) atoms. The van der Waals surface area contributed by atoms with E-state index in [1.54, 1.807) is 60.7 Å². The Hall–Kier alpha value is -4.32. The van der Waals surface area contributed by atoms with Gasteiger partial charge in [0, 0.05) is 0 Å². The number of halogens is 1. The third-order valence-electron chi connectivity index (χ3n) is 6.34. The van der Waals surface area contributed by atoms with Crippen LogP contribution in [0.15, 0.2) is 112 Å². The number of methoxy groups -OCH3 is 1. The zero-order valence-electron chi connectivity index (χ0n) is 22.4. The van der Waals surface area contributed by atoms with Gasteiger partial charge < -0.3 is 8.92 Å². The van der Waals surface area contributed by atoms with Gasteiger partial charge in [0.1, 0.15) is 10.5 Å². The molecule has 11 heteroatoms. The molecule has 0 saturated carbocycles. The van der Waals surface area contributed by atoms with E-state index in [1.165, 1.54) is 47.3 Å². The Morgan fingerprint density at radius 2 is 1.33 bits per heavy atom. The Morgan fingerprint density at radius 3 is 1.83 bits per heavy atom. The number of carbonyl (C=O) groups is 2. The molecule has 1 aliphatic heterocycles. The number of thiocarbonyl (C=S) groups is 1. The first-order valence-electron chi connectivity index (χ1n) is 12.5. The van der Waals surface area contributed by atoms with E-state index >= 15 is 0 Å². The van der Waals surface area contributed by atoms with Gasteiger partial charge in [0.15, 0.2) is 16.6 Å². The van der Waals surface area contributed by atoms with Crippen LogP contribution in [-0.2, 0) is 19.7 Å². The number of amides is 2. The molecule has 0 atom stereocenters. The van der Waals surface area contributed by atoms with Crippen molar-refractivity contribution in [1.82, 2.24) is 0 Å². The number of rotatable bonds is 7. The van der Waals surface area contributed by atoms with Gasteiger partial charge in [-0.3, -0.25) is 19.4 Å². The van der Waals surface area contributed by atoms with Crippen molar-refractivity contribution in [2.24, 2.45) is 0 Å². The van der Waals surface area contributed by atoms with Crippen LogP contribution in [0.4, 0.5) is 11.4 Å². The average molecular weight is 664 g/mol. The summed E-state index contributed by atoms with van der Waals surface area (Å²) < 4.78 is 37.1. The van der Waals surface area contributed by atoms with Crippen LogP contribution in [0, 0.1) is 6.92 Å². The fraction of sp³-hybridized carbons (Fsp3) is 0.0645. The van der Waals surface area contributed by atoms with E-state index in [-0.39, 0.29) is 31.6 Å². The molecule has 0 bridgehead atoms. The van der Waals surface area contributed by atoms with Crippen LogP contribution in [0.2, 0.25) is 0 Å². The highest BCUT2D eigenvalue weighted by Gasteiger charge is 2.41. The lowest BCUT2D eigenvalue weighted by molar-refractivity contribution is -0.120. The lowest BCUT2D eigenvalue weighted by Gasteiger charge is -2.36. The summed E-state index contributed by atoms with van der Waals surface area (Å²) in [6, 6.07) is 26.8. The van der Waals surface area contributed by atoms with E-state index < -0.39 is 21.9 Å². The molecule has 0 unspecified atom stereocenters. The summed E-state index contributed by atoms with van der Waals surface area (Å²) in [5.41, 5.74) is 2.11. The van der Waals surface area contributed by atoms with Gasteiger partial charge in [0.2, 0.25) is 0 Å². The topological polar surface area (TPSA) is 93.2 Å². The molecule has 2 amide bonds. The number of carbonyl (C=O) groups excluding carboxylic acids is 2. The molecule has 8 nitrogen and oxygen atoms in total. The van der Waals surface area contributed by atoms with Crippen molar-refractivity contribution in [3.05, 3.63) is 118 Å². The number of anilines is 2. The molecule has 0 radical (unpaired) electrons. The summed E-state index contributed by atoms with van der Waals surface area (Å²) in [5, 5.41) is 0.0170. The number of hydrogen-bond donors (Lipinski definition) is 0. The number of hydrogen-bond acceptors (Lipinski definition) is 7. The molecular formula is C31H23BrN2O6S2. The SMILES string of the molecule is COc1cc(C=C2C(=O)N(c3ccccc3)C(=S)N(c3ccccc3)C2=O)cc(Br)c1OS(=O)(=O)c1ccc(C)cc1. The minimum absolute atomic E-state index is 0.0170. The second-order valence-corrected chi connectivity index (χ2v) is 11.9. The highest BCUT2D eigenvalue weighted by Crippen LogP contribution is 2.39. The largest absolute Gasteiger partial charge is 0.493 e. The van der Waals surface area contributed by atoms with E-state index in [2.05, 4.69) is 15.9 Å². The number of ether oxygens (including phenoxy) is 1. The third-order valence-corrected chi connectivity index (χ3v) is 8.53. The highest BCUT2D eigenvalue weighted by molar-refractivity contribution is 9.10. The standard InChI is InChI=1S/C31H23BrN2O6S2/c1-20-13-15-24(16-14-20)42(37,38)40-28-26(32)18-21(19-27(28)39-2)17-25-29(35)33(22-9-5-3-6-10-22)31(41)34(30(25)36)23-11-7-4-8-12-23/h3-19H,1-2H3. The Labute approximate surface area is 257 Å². The summed E-state index contributed by atoms with van der Waals surface area (Å²) in [7, 11) is -2.83. The van der Waals surface area contributed by atoms with Gasteiger partial charge in [-0.1, -0.05) is 54.1 Å². The van der Waals surface area contributed by atoms with Gasteiger partial charge in [-0.2, -0.15) is 8.42 Å². The van der Waals surface area contributed by atoms with E-state index in [0.29, 0.717) is 16.9 Å². The summed E-state index contributed by atoms with van der Waals surface area (Å²) in [4.78, 5) is 30.1. The summed E-state index contributed by atoms with van der Waals surface area (Å²) in [5.74, 6) is -1.24. The van der Waals surface area contributed by atoms with Crippen molar-refractivity contribution in [1.29, 1.82) is 0 Å². The number of para-hydroxylation sites is 2. The van der Waals surface area contributed by atoms with E-state index in [4.69, 9.17) is 21.1 Å². The lowest BCUT2D eigenvalue weighted by atomic mass is 10.0. The third kappa shape index (κ3) is 5.71. The van der Waals surface area contributed by atoms with Crippen LogP contribution >= 0.6 is 28.1 Å². The molecular weight excluding hydrogens is 640 g/mol. The fourth-order valence-electron chi connectivity index (χ4n) is 4.27. The first-order valence-corrected chi connectivity index (χ1v) is 15.1. The van der Waals surface area contributed by atoms with Gasteiger partial charge in [-0.15, -0.1) is 0 Å². The average Bonchev–Trinajstić information content (AvgIpc) is 2.98. The molecule has 212 valence electrons. The molecule has 0 aliphatic carbocycles. The van der Waals surface area contributed by atoms with E-state index in [1.807, 2.05) is 19.1 Å². The first-order chi connectivity index (χ1) is 20.1. The lowest BCUT2D eigenvalue weighted by Crippen LogP contribution is -2.56. The molecule has 5 rings (SSSR count). The Balaban J connectivity index is 1.58. The van der Waals surface area contributed by atoms with Gasteiger partial charge in [-0.25, -0.2) is 0 Å². The van der Waals surface area contributed by atoms with Crippen LogP contribution in [-0.4, -0.2) is 32.5 Å². The monoisotopic (exact) mass is 662 g/mol. The van der Waals surface area contributed by atoms with Gasteiger partial charge >= 0.3 is 10.1 Å². The van der Waals surface area contributed by atoms with Crippen LogP contribution in [0.3, 0.4) is 0 Å². The maximum Gasteiger partial charge on any atom is 0.339 e. The van der Waals surface area contributed by atoms with Crippen LogP contribution in [0.25, 0.3) is 6.08 Å². The summed E-state index contributed by atoms with van der Waals surface area (Å²) in [6.07, 6.45) is 1.41. The van der Waals surface area contributed by atoms with Gasteiger partial charge in [-0.05, 0) is 95.2 Å². The van der Waals surface area contributed by atoms with Crippen molar-refractivity contribution in [2.75, 3.05) is 16.9 Å². The molecule has 0 spiro atoms. The minimum atomic E-state index is -4.19. The molecule has 4 aromatic rings. The molecule has 0 N–H and O–H groups in total. The number of aryl methyl sites for hydroxylation is 1. The Morgan fingerprint density at radius 1 is 0.810 bits per heavy atom. The molecule has 1 fully saturated rings. The molecule has 1 heterocycles. The van der Waals surface area contributed by atoms with Crippen LogP contribution in [0.5, 0.6) is 11.5 Å². The minimum Gasteiger partial charge on any atom is -0.493 e. The van der Waals surface area contributed by atoms with Gasteiger partial charge in [0.05, 0.1) is 23.0 Å². The fourth-order valence-corrected chi connectivity index (χ4v) is 6.25.